The molecule has 6 rings (SSSR count). The summed E-state index contributed by atoms with van der Waals surface area (Å²) in [5, 5.41) is 2.09. The molecule has 5 aromatic rings. The summed E-state index contributed by atoms with van der Waals surface area (Å²) >= 11 is 0. The van der Waals surface area contributed by atoms with Gasteiger partial charge in [-0.15, -0.1) is 0 Å². The first-order valence-electron chi connectivity index (χ1n) is 9.21. The number of hydrogen-bond acceptors (Lipinski definition) is 5. The van der Waals surface area contributed by atoms with E-state index in [0.717, 1.165) is 39.2 Å². The van der Waals surface area contributed by atoms with Crippen LogP contribution in [-0.2, 0) is 0 Å². The van der Waals surface area contributed by atoms with Gasteiger partial charge in [-0.1, -0.05) is 30.3 Å². The van der Waals surface area contributed by atoms with Gasteiger partial charge in [0.1, 0.15) is 6.67 Å². The summed E-state index contributed by atoms with van der Waals surface area (Å²) in [7, 11) is 0. The van der Waals surface area contributed by atoms with Crippen molar-refractivity contribution in [3.63, 3.8) is 0 Å². The average Bonchev–Trinajstić information content (AvgIpc) is 3.33. The summed E-state index contributed by atoms with van der Waals surface area (Å²) in [6.45, 7) is 0.667. The highest BCUT2D eigenvalue weighted by molar-refractivity contribution is 6.09. The summed E-state index contributed by atoms with van der Waals surface area (Å²) in [5.41, 5.74) is 4.71. The number of benzene rings is 2. The number of hydrogen-bond donors (Lipinski definition) is 0. The topological polar surface area (TPSA) is 45.4 Å². The van der Waals surface area contributed by atoms with Crippen LogP contribution in [0.3, 0.4) is 0 Å². The molecule has 0 radical (unpaired) electrons. The third kappa shape index (κ3) is 2.13. The van der Waals surface area contributed by atoms with Crippen LogP contribution in [-0.4, -0.2) is 16.6 Å². The molecule has 0 fully saturated rings. The van der Waals surface area contributed by atoms with E-state index in [1.807, 2.05) is 30.5 Å². The van der Waals surface area contributed by atoms with Gasteiger partial charge < -0.3 is 14.2 Å². The van der Waals surface area contributed by atoms with Gasteiger partial charge in [0.15, 0.2) is 11.4 Å². The van der Waals surface area contributed by atoms with E-state index in [4.69, 9.17) is 4.42 Å². The zero-order chi connectivity index (χ0) is 18.5. The van der Waals surface area contributed by atoms with E-state index >= 15 is 0 Å². The van der Waals surface area contributed by atoms with Gasteiger partial charge >= 0.3 is 0 Å². The third-order valence-corrected chi connectivity index (χ3v) is 5.21. The average molecular weight is 364 g/mol. The second-order valence-electron chi connectivity index (χ2n) is 6.79. The van der Waals surface area contributed by atoms with E-state index in [0.29, 0.717) is 12.4 Å². The molecule has 4 heterocycles. The summed E-state index contributed by atoms with van der Waals surface area (Å²) in [6.07, 6.45) is 3.59. The number of pyridine rings is 2. The zero-order valence-corrected chi connectivity index (χ0v) is 15.0. The monoisotopic (exact) mass is 364 g/mol. The maximum absolute atomic E-state index is 6.15. The minimum absolute atomic E-state index is 0.658. The molecule has 0 spiro atoms. The highest BCUT2D eigenvalue weighted by atomic mass is 16.3. The molecule has 134 valence electrons. The van der Waals surface area contributed by atoms with Gasteiger partial charge in [-0.2, -0.15) is 0 Å². The summed E-state index contributed by atoms with van der Waals surface area (Å²) in [5.74, 6) is 0.923. The maximum atomic E-state index is 6.15. The minimum atomic E-state index is 0.658. The molecule has 1 aliphatic rings. The first-order valence-corrected chi connectivity index (χ1v) is 9.21. The second kappa shape index (κ2) is 5.82. The van der Waals surface area contributed by atoms with Crippen LogP contribution >= 0.6 is 0 Å². The van der Waals surface area contributed by atoms with Crippen LogP contribution in [0.1, 0.15) is 0 Å². The molecule has 1 aliphatic heterocycles. The lowest BCUT2D eigenvalue weighted by atomic mass is 10.1. The Balaban J connectivity index is 1.56. The number of fused-ring (bicyclic) bond motifs is 4. The summed E-state index contributed by atoms with van der Waals surface area (Å²) in [6, 6.07) is 24.7. The third-order valence-electron chi connectivity index (χ3n) is 5.21. The first-order chi connectivity index (χ1) is 13.9. The fraction of sp³-hybridized carbons (Fsp3) is 0.0435. The molecular formula is C23H16N4O. The Labute approximate surface area is 161 Å². The Kier molecular flexibility index (Phi) is 3.17. The van der Waals surface area contributed by atoms with E-state index in [-0.39, 0.29) is 0 Å². The predicted molar refractivity (Wildman–Crippen MR) is 111 cm³/mol. The normalized spacial score (nSPS) is 13.4. The van der Waals surface area contributed by atoms with Crippen molar-refractivity contribution in [2.45, 2.75) is 0 Å². The van der Waals surface area contributed by atoms with Crippen molar-refractivity contribution in [1.82, 2.24) is 9.97 Å². The molecule has 5 heteroatoms. The number of furan rings is 1. The number of para-hydroxylation sites is 2. The van der Waals surface area contributed by atoms with Gasteiger partial charge in [-0.05, 0) is 42.5 Å². The van der Waals surface area contributed by atoms with Gasteiger partial charge in [-0.25, -0.2) is 9.97 Å². The summed E-state index contributed by atoms with van der Waals surface area (Å²) in [4.78, 5) is 13.5. The molecule has 0 amide bonds. The van der Waals surface area contributed by atoms with Crippen LogP contribution in [0.4, 0.5) is 22.9 Å². The van der Waals surface area contributed by atoms with Crippen LogP contribution in [0.15, 0.2) is 89.6 Å². The Morgan fingerprint density at radius 2 is 1.46 bits per heavy atom. The fourth-order valence-corrected chi connectivity index (χ4v) is 3.94. The van der Waals surface area contributed by atoms with Crippen molar-refractivity contribution in [3.05, 3.63) is 85.2 Å². The lowest BCUT2D eigenvalue weighted by molar-refractivity contribution is 0.653. The highest BCUT2D eigenvalue weighted by Gasteiger charge is 2.30. The van der Waals surface area contributed by atoms with Gasteiger partial charge in [0.25, 0.3) is 0 Å². The number of nitrogens with zero attached hydrogens (tertiary/aromatic N) is 4. The van der Waals surface area contributed by atoms with E-state index < -0.39 is 0 Å². The van der Waals surface area contributed by atoms with Crippen molar-refractivity contribution in [3.8, 4) is 0 Å². The fourth-order valence-electron chi connectivity index (χ4n) is 3.94. The van der Waals surface area contributed by atoms with Crippen molar-refractivity contribution >= 4 is 44.9 Å². The maximum Gasteiger partial charge on any atom is 0.227 e. The Bertz CT molecular complexity index is 1310. The van der Waals surface area contributed by atoms with Gasteiger partial charge in [0, 0.05) is 28.9 Å². The van der Waals surface area contributed by atoms with E-state index in [1.54, 1.807) is 6.20 Å². The second-order valence-corrected chi connectivity index (χ2v) is 6.79. The molecule has 0 bridgehead atoms. The van der Waals surface area contributed by atoms with Gasteiger partial charge in [-0.3, -0.25) is 0 Å². The number of rotatable bonds is 2. The Hall–Kier alpha value is -3.86. The van der Waals surface area contributed by atoms with Crippen LogP contribution in [0.5, 0.6) is 0 Å². The van der Waals surface area contributed by atoms with Crippen LogP contribution in [0.25, 0.3) is 22.1 Å². The standard InChI is InChI=1S/C23H16N4O/c1-2-7-16(8-3-1)26-15-27(22-20(26)12-6-13-24-22)19-11-4-9-17-18-10-5-14-25-23(18)28-21(17)19/h1-14H,15H2. The molecule has 28 heavy (non-hydrogen) atoms. The quantitative estimate of drug-likeness (QED) is 0.407. The molecule has 0 saturated carbocycles. The Morgan fingerprint density at radius 1 is 0.679 bits per heavy atom. The van der Waals surface area contributed by atoms with Crippen molar-refractivity contribution in [2.75, 3.05) is 16.5 Å². The zero-order valence-electron chi connectivity index (χ0n) is 15.0. The minimum Gasteiger partial charge on any atom is -0.436 e. The smallest absolute Gasteiger partial charge is 0.227 e. The number of aromatic nitrogens is 2. The van der Waals surface area contributed by atoms with Crippen LogP contribution in [0, 0.1) is 0 Å². The summed E-state index contributed by atoms with van der Waals surface area (Å²) < 4.78 is 6.15. The molecule has 0 unspecified atom stereocenters. The Morgan fingerprint density at radius 3 is 2.39 bits per heavy atom. The predicted octanol–water partition coefficient (Wildman–Crippen LogP) is 5.62. The molecule has 0 atom stereocenters. The molecule has 0 saturated heterocycles. The van der Waals surface area contributed by atoms with Crippen LogP contribution in [0.2, 0.25) is 0 Å². The molecular weight excluding hydrogens is 348 g/mol. The molecule has 0 N–H and O–H groups in total. The molecule has 0 aliphatic carbocycles. The SMILES string of the molecule is c1ccc(N2CN(c3cccc4c3oc3ncccc34)c3ncccc32)cc1. The lowest BCUT2D eigenvalue weighted by Crippen LogP contribution is -2.24. The molecule has 3 aromatic heterocycles. The van der Waals surface area contributed by atoms with Crippen molar-refractivity contribution in [1.29, 1.82) is 0 Å². The molecule has 2 aromatic carbocycles. The lowest BCUT2D eigenvalue weighted by Gasteiger charge is -2.21. The number of anilines is 4. The van der Waals surface area contributed by atoms with Gasteiger partial charge in [0.2, 0.25) is 5.71 Å². The van der Waals surface area contributed by atoms with Gasteiger partial charge in [0.05, 0.1) is 11.4 Å². The molecule has 5 nitrogen and oxygen atoms in total. The van der Waals surface area contributed by atoms with E-state index in [9.17, 15) is 0 Å². The highest BCUT2D eigenvalue weighted by Crippen LogP contribution is 2.45. The largest absolute Gasteiger partial charge is 0.436 e. The van der Waals surface area contributed by atoms with E-state index in [1.165, 1.54) is 0 Å². The van der Waals surface area contributed by atoms with Crippen LogP contribution < -0.4 is 9.80 Å². The van der Waals surface area contributed by atoms with Crippen molar-refractivity contribution in [2.24, 2.45) is 0 Å². The first kappa shape index (κ1) is 15.2. The van der Waals surface area contributed by atoms with E-state index in [2.05, 4.69) is 68.3 Å². The van der Waals surface area contributed by atoms with Crippen molar-refractivity contribution < 1.29 is 4.42 Å².